The van der Waals surface area contributed by atoms with Gasteiger partial charge in [0, 0.05) is 32.2 Å². The van der Waals surface area contributed by atoms with Gasteiger partial charge in [0.25, 0.3) is 0 Å². The van der Waals surface area contributed by atoms with Gasteiger partial charge in [-0.25, -0.2) is 0 Å². The molecular formula is C10H20N2O2. The van der Waals surface area contributed by atoms with E-state index in [-0.39, 0.29) is 11.9 Å². The summed E-state index contributed by atoms with van der Waals surface area (Å²) in [5.41, 5.74) is 5.40. The Labute approximate surface area is 85.2 Å². The molecule has 1 heterocycles. The number of carbonyl (C=O) groups is 1. The quantitative estimate of drug-likeness (QED) is 0.669. The van der Waals surface area contributed by atoms with E-state index in [0.717, 1.165) is 26.1 Å². The minimum Gasteiger partial charge on any atom is -0.381 e. The highest BCUT2D eigenvalue weighted by molar-refractivity contribution is 5.76. The third kappa shape index (κ3) is 4.07. The van der Waals surface area contributed by atoms with Crippen LogP contribution in [0, 0.1) is 5.92 Å². The van der Waals surface area contributed by atoms with Crippen LogP contribution in [0.5, 0.6) is 0 Å². The van der Waals surface area contributed by atoms with Crippen molar-refractivity contribution in [3.05, 3.63) is 0 Å². The van der Waals surface area contributed by atoms with Crippen molar-refractivity contribution in [2.75, 3.05) is 19.8 Å². The van der Waals surface area contributed by atoms with Gasteiger partial charge in [0.15, 0.2) is 0 Å². The standard InChI is InChI=1S/C10H20N2O2/c1-8(6-11)12-10(13)3-2-9-4-5-14-7-9/h8-9H,2-7,11H2,1H3,(H,12,13)/t8-,9?/m0/s1. The van der Waals surface area contributed by atoms with Crippen LogP contribution in [0.1, 0.15) is 26.2 Å². The average Bonchev–Trinajstić information content (AvgIpc) is 2.67. The second kappa shape index (κ2) is 5.98. The fourth-order valence-electron chi connectivity index (χ4n) is 1.55. The average molecular weight is 200 g/mol. The summed E-state index contributed by atoms with van der Waals surface area (Å²) in [6, 6.07) is 0.0855. The largest absolute Gasteiger partial charge is 0.381 e. The molecule has 0 bridgehead atoms. The highest BCUT2D eigenvalue weighted by Gasteiger charge is 2.16. The number of nitrogens with two attached hydrogens (primary N) is 1. The van der Waals surface area contributed by atoms with Gasteiger partial charge in [0.1, 0.15) is 0 Å². The van der Waals surface area contributed by atoms with E-state index in [2.05, 4.69) is 5.32 Å². The fourth-order valence-corrected chi connectivity index (χ4v) is 1.55. The van der Waals surface area contributed by atoms with Crippen LogP contribution >= 0.6 is 0 Å². The van der Waals surface area contributed by atoms with Gasteiger partial charge in [0.2, 0.25) is 5.91 Å². The summed E-state index contributed by atoms with van der Waals surface area (Å²) < 4.78 is 5.24. The van der Waals surface area contributed by atoms with Crippen LogP contribution in [-0.2, 0) is 9.53 Å². The Morgan fingerprint density at radius 1 is 1.71 bits per heavy atom. The normalized spacial score (nSPS) is 23.4. The maximum Gasteiger partial charge on any atom is 0.220 e. The molecule has 1 unspecified atom stereocenters. The molecule has 1 aliphatic rings. The van der Waals surface area contributed by atoms with Crippen LogP contribution in [0.4, 0.5) is 0 Å². The van der Waals surface area contributed by atoms with Crippen LogP contribution in [0.2, 0.25) is 0 Å². The maximum atomic E-state index is 11.4. The molecule has 4 heteroatoms. The van der Waals surface area contributed by atoms with E-state index < -0.39 is 0 Å². The molecule has 0 saturated carbocycles. The molecule has 2 atom stereocenters. The van der Waals surface area contributed by atoms with E-state index in [1.165, 1.54) is 0 Å². The molecule has 1 rings (SSSR count). The molecule has 1 aliphatic heterocycles. The van der Waals surface area contributed by atoms with Gasteiger partial charge in [-0.15, -0.1) is 0 Å². The SMILES string of the molecule is C[C@@H](CN)NC(=O)CCC1CCOC1. The summed E-state index contributed by atoms with van der Waals surface area (Å²) in [4.78, 5) is 11.4. The number of ether oxygens (including phenoxy) is 1. The Bertz CT molecular complexity index is 179. The highest BCUT2D eigenvalue weighted by Crippen LogP contribution is 2.17. The number of amides is 1. The maximum absolute atomic E-state index is 11.4. The van der Waals surface area contributed by atoms with Crippen LogP contribution in [0.25, 0.3) is 0 Å². The second-order valence-corrected chi connectivity index (χ2v) is 3.97. The molecule has 0 aromatic heterocycles. The molecule has 0 aliphatic carbocycles. The molecule has 4 nitrogen and oxygen atoms in total. The number of hydrogen-bond acceptors (Lipinski definition) is 3. The molecule has 0 spiro atoms. The zero-order valence-electron chi connectivity index (χ0n) is 8.79. The third-order valence-electron chi connectivity index (χ3n) is 2.56. The van der Waals surface area contributed by atoms with Crippen molar-refractivity contribution in [2.24, 2.45) is 11.7 Å². The van der Waals surface area contributed by atoms with E-state index in [9.17, 15) is 4.79 Å². The second-order valence-electron chi connectivity index (χ2n) is 3.97. The summed E-state index contributed by atoms with van der Waals surface area (Å²) >= 11 is 0. The van der Waals surface area contributed by atoms with Crippen LogP contribution in [0.3, 0.4) is 0 Å². The Kier molecular flexibility index (Phi) is 4.90. The molecule has 0 aromatic rings. The van der Waals surface area contributed by atoms with Crippen molar-refractivity contribution in [1.82, 2.24) is 5.32 Å². The first-order chi connectivity index (χ1) is 6.72. The van der Waals surface area contributed by atoms with Gasteiger partial charge in [-0.2, -0.15) is 0 Å². The Balaban J connectivity index is 2.08. The number of carbonyl (C=O) groups excluding carboxylic acids is 1. The van der Waals surface area contributed by atoms with Gasteiger partial charge in [0.05, 0.1) is 0 Å². The van der Waals surface area contributed by atoms with Gasteiger partial charge in [-0.3, -0.25) is 4.79 Å². The predicted octanol–water partition coefficient (Wildman–Crippen LogP) is 0.267. The van der Waals surface area contributed by atoms with Crippen molar-refractivity contribution in [2.45, 2.75) is 32.2 Å². The summed E-state index contributed by atoms with van der Waals surface area (Å²) in [5, 5.41) is 2.85. The summed E-state index contributed by atoms with van der Waals surface area (Å²) in [5.74, 6) is 0.684. The van der Waals surface area contributed by atoms with E-state index in [1.807, 2.05) is 6.92 Å². The fraction of sp³-hybridized carbons (Fsp3) is 0.900. The van der Waals surface area contributed by atoms with Crippen LogP contribution in [0.15, 0.2) is 0 Å². The lowest BCUT2D eigenvalue weighted by Crippen LogP contribution is -2.37. The van der Waals surface area contributed by atoms with Crippen LogP contribution in [-0.4, -0.2) is 31.7 Å². The van der Waals surface area contributed by atoms with Gasteiger partial charge < -0.3 is 15.8 Å². The number of nitrogens with one attached hydrogen (secondary N) is 1. The van der Waals surface area contributed by atoms with Crippen LogP contribution < -0.4 is 11.1 Å². The molecule has 3 N–H and O–H groups in total. The minimum atomic E-state index is 0.0855. The molecule has 1 fully saturated rings. The summed E-state index contributed by atoms with van der Waals surface area (Å²) in [6.07, 6.45) is 2.63. The number of hydrogen-bond donors (Lipinski definition) is 2. The molecular weight excluding hydrogens is 180 g/mol. The Morgan fingerprint density at radius 3 is 3.07 bits per heavy atom. The van der Waals surface area contributed by atoms with Gasteiger partial charge in [-0.1, -0.05) is 0 Å². The zero-order valence-corrected chi connectivity index (χ0v) is 8.79. The smallest absolute Gasteiger partial charge is 0.220 e. The molecule has 1 saturated heterocycles. The van der Waals surface area contributed by atoms with Crippen molar-refractivity contribution in [3.8, 4) is 0 Å². The first-order valence-electron chi connectivity index (χ1n) is 5.29. The Morgan fingerprint density at radius 2 is 2.50 bits per heavy atom. The van der Waals surface area contributed by atoms with Gasteiger partial charge in [-0.05, 0) is 25.7 Å². The van der Waals surface area contributed by atoms with Crippen molar-refractivity contribution in [3.63, 3.8) is 0 Å². The monoisotopic (exact) mass is 200 g/mol. The van der Waals surface area contributed by atoms with E-state index in [4.69, 9.17) is 10.5 Å². The lowest BCUT2D eigenvalue weighted by atomic mass is 10.0. The van der Waals surface area contributed by atoms with Crippen molar-refractivity contribution < 1.29 is 9.53 Å². The number of rotatable bonds is 5. The Hall–Kier alpha value is -0.610. The molecule has 0 radical (unpaired) electrons. The van der Waals surface area contributed by atoms with E-state index in [0.29, 0.717) is 18.9 Å². The third-order valence-corrected chi connectivity index (χ3v) is 2.56. The molecule has 1 amide bonds. The van der Waals surface area contributed by atoms with Crippen molar-refractivity contribution in [1.29, 1.82) is 0 Å². The molecule has 82 valence electrons. The lowest BCUT2D eigenvalue weighted by molar-refractivity contribution is -0.121. The molecule has 0 aromatic carbocycles. The summed E-state index contributed by atoms with van der Waals surface area (Å²) in [6.45, 7) is 4.08. The predicted molar refractivity (Wildman–Crippen MR) is 54.8 cm³/mol. The summed E-state index contributed by atoms with van der Waals surface area (Å²) in [7, 11) is 0. The first-order valence-corrected chi connectivity index (χ1v) is 5.29. The van der Waals surface area contributed by atoms with Crippen molar-refractivity contribution >= 4 is 5.91 Å². The van der Waals surface area contributed by atoms with E-state index >= 15 is 0 Å². The van der Waals surface area contributed by atoms with E-state index in [1.54, 1.807) is 0 Å². The molecule has 14 heavy (non-hydrogen) atoms. The lowest BCUT2D eigenvalue weighted by Gasteiger charge is -2.12. The first kappa shape index (κ1) is 11.5. The topological polar surface area (TPSA) is 64.3 Å². The minimum absolute atomic E-state index is 0.0855. The highest BCUT2D eigenvalue weighted by atomic mass is 16.5. The van der Waals surface area contributed by atoms with Gasteiger partial charge >= 0.3 is 0 Å². The zero-order chi connectivity index (χ0) is 10.4.